The van der Waals surface area contributed by atoms with Crippen LogP contribution in [0.1, 0.15) is 52.8 Å². The second-order valence-corrected chi connectivity index (χ2v) is 9.30. The number of rotatable bonds is 6. The predicted molar refractivity (Wildman–Crippen MR) is 143 cm³/mol. The van der Waals surface area contributed by atoms with Gasteiger partial charge in [0.25, 0.3) is 0 Å². The average Bonchev–Trinajstić information content (AvgIpc) is 3.36. The lowest BCUT2D eigenvalue weighted by Crippen LogP contribution is -2.29. The number of pyridine rings is 1. The first kappa shape index (κ1) is 22.4. The topological polar surface area (TPSA) is 33.1 Å². The Morgan fingerprint density at radius 1 is 0.912 bits per heavy atom. The Morgan fingerprint density at radius 2 is 1.65 bits per heavy atom. The minimum atomic E-state index is -0.0368. The van der Waals surface area contributed by atoms with Crippen molar-refractivity contribution in [1.29, 1.82) is 0 Å². The van der Waals surface area contributed by atoms with Crippen molar-refractivity contribution in [3.63, 3.8) is 0 Å². The summed E-state index contributed by atoms with van der Waals surface area (Å²) in [7, 11) is 0. The Kier molecular flexibility index (Phi) is 6.20. The number of aromatic nitrogens is 2. The summed E-state index contributed by atoms with van der Waals surface area (Å²) in [5.74, 6) is 0. The van der Waals surface area contributed by atoms with Gasteiger partial charge in [0.1, 0.15) is 0 Å². The van der Waals surface area contributed by atoms with Crippen LogP contribution in [0.3, 0.4) is 0 Å². The number of nitrogens with one attached hydrogen (secondary N) is 1. The van der Waals surface area contributed by atoms with Crippen LogP contribution in [-0.2, 0) is 13.0 Å². The number of benzene rings is 2. The molecule has 0 aliphatic carbocycles. The SMILES string of the molecule is CCc1ccc(N2C(=S)N[C@@H](c3ccccn3)[C@@H]2c2cc(C)n(Cc3ccccc3)c2C)cc1. The van der Waals surface area contributed by atoms with E-state index in [1.807, 2.05) is 18.3 Å². The fourth-order valence-electron chi connectivity index (χ4n) is 4.98. The van der Waals surface area contributed by atoms with Crippen molar-refractivity contribution in [3.8, 4) is 0 Å². The lowest BCUT2D eigenvalue weighted by atomic mass is 9.96. The van der Waals surface area contributed by atoms with Gasteiger partial charge in [0.15, 0.2) is 5.11 Å². The van der Waals surface area contributed by atoms with Crippen molar-refractivity contribution >= 4 is 23.0 Å². The maximum Gasteiger partial charge on any atom is 0.174 e. The number of hydrogen-bond acceptors (Lipinski definition) is 2. The Hall–Kier alpha value is -3.44. The summed E-state index contributed by atoms with van der Waals surface area (Å²) in [5.41, 5.74) is 8.49. The molecule has 2 aromatic heterocycles. The number of aryl methyl sites for hydroxylation is 2. The molecule has 0 amide bonds. The maximum atomic E-state index is 5.91. The van der Waals surface area contributed by atoms with Gasteiger partial charge < -0.3 is 14.8 Å². The molecule has 0 bridgehead atoms. The average molecular weight is 467 g/mol. The van der Waals surface area contributed by atoms with E-state index in [2.05, 4.69) is 102 Å². The standard InChI is InChI=1S/C29H30N4S/c1-4-22-13-15-24(16-14-22)33-28(27(31-29(33)34)26-12-8-9-17-30-26)25-18-20(2)32(21(25)3)19-23-10-6-5-7-11-23/h5-18,27-28H,4,19H2,1-3H3,(H,31,34)/t27-,28-/m0/s1. The number of thiocarbonyl (C=S) groups is 1. The lowest BCUT2D eigenvalue weighted by Gasteiger charge is -2.28. The smallest absolute Gasteiger partial charge is 0.174 e. The molecule has 0 radical (unpaired) electrons. The zero-order valence-electron chi connectivity index (χ0n) is 19.9. The number of anilines is 1. The molecule has 0 unspecified atom stereocenters. The van der Waals surface area contributed by atoms with E-state index >= 15 is 0 Å². The van der Waals surface area contributed by atoms with E-state index < -0.39 is 0 Å². The van der Waals surface area contributed by atoms with Gasteiger partial charge in [-0.2, -0.15) is 0 Å². The highest BCUT2D eigenvalue weighted by molar-refractivity contribution is 7.80. The van der Waals surface area contributed by atoms with Crippen LogP contribution < -0.4 is 10.2 Å². The van der Waals surface area contributed by atoms with Crippen LogP contribution in [0.25, 0.3) is 0 Å². The molecule has 3 heterocycles. The zero-order chi connectivity index (χ0) is 23.7. The van der Waals surface area contributed by atoms with Crippen LogP contribution in [0.5, 0.6) is 0 Å². The van der Waals surface area contributed by atoms with Crippen LogP contribution in [0.4, 0.5) is 5.69 Å². The van der Waals surface area contributed by atoms with Gasteiger partial charge in [0.2, 0.25) is 0 Å². The Labute approximate surface area is 207 Å². The third kappa shape index (κ3) is 4.12. The third-order valence-electron chi connectivity index (χ3n) is 6.84. The van der Waals surface area contributed by atoms with Crippen molar-refractivity contribution in [2.45, 2.75) is 45.8 Å². The molecule has 5 rings (SSSR count). The predicted octanol–water partition coefficient (Wildman–Crippen LogP) is 6.29. The molecule has 4 nitrogen and oxygen atoms in total. The molecule has 4 aromatic rings. The molecule has 172 valence electrons. The van der Waals surface area contributed by atoms with Gasteiger partial charge in [-0.05, 0) is 79.5 Å². The quantitative estimate of drug-likeness (QED) is 0.339. The molecule has 2 aromatic carbocycles. The second-order valence-electron chi connectivity index (χ2n) is 8.91. The van der Waals surface area contributed by atoms with Gasteiger partial charge in [0, 0.05) is 29.8 Å². The first-order valence-corrected chi connectivity index (χ1v) is 12.3. The van der Waals surface area contributed by atoms with Crippen molar-refractivity contribution < 1.29 is 0 Å². The third-order valence-corrected chi connectivity index (χ3v) is 7.15. The summed E-state index contributed by atoms with van der Waals surface area (Å²) < 4.78 is 2.40. The van der Waals surface area contributed by atoms with Gasteiger partial charge in [-0.1, -0.05) is 55.5 Å². The fourth-order valence-corrected chi connectivity index (χ4v) is 5.32. The molecule has 1 aliphatic heterocycles. The lowest BCUT2D eigenvalue weighted by molar-refractivity contribution is 0.563. The molecule has 0 saturated carbocycles. The molecule has 34 heavy (non-hydrogen) atoms. The minimum Gasteiger partial charge on any atom is -0.351 e. The Bertz CT molecular complexity index is 1280. The van der Waals surface area contributed by atoms with E-state index in [0.29, 0.717) is 0 Å². The summed E-state index contributed by atoms with van der Waals surface area (Å²) >= 11 is 5.91. The summed E-state index contributed by atoms with van der Waals surface area (Å²) in [4.78, 5) is 6.96. The van der Waals surface area contributed by atoms with Crippen LogP contribution in [-0.4, -0.2) is 14.7 Å². The number of hydrogen-bond donors (Lipinski definition) is 1. The van der Waals surface area contributed by atoms with E-state index in [9.17, 15) is 0 Å². The summed E-state index contributed by atoms with van der Waals surface area (Å²) in [6.45, 7) is 7.44. The van der Waals surface area contributed by atoms with Crippen molar-refractivity contribution in [2.75, 3.05) is 4.90 Å². The molecule has 0 spiro atoms. The molecule has 1 saturated heterocycles. The van der Waals surface area contributed by atoms with Crippen LogP contribution >= 0.6 is 12.2 Å². The molecule has 1 N–H and O–H groups in total. The normalized spacial score (nSPS) is 17.7. The number of nitrogens with zero attached hydrogens (tertiary/aromatic N) is 3. The highest BCUT2D eigenvalue weighted by atomic mass is 32.1. The fraction of sp³-hybridized carbons (Fsp3) is 0.241. The largest absolute Gasteiger partial charge is 0.351 e. The van der Waals surface area contributed by atoms with Crippen molar-refractivity contribution in [3.05, 3.63) is 119 Å². The first-order valence-electron chi connectivity index (χ1n) is 11.9. The molecule has 2 atom stereocenters. The molecule has 1 aliphatic rings. The van der Waals surface area contributed by atoms with E-state index in [1.165, 1.54) is 28.1 Å². The van der Waals surface area contributed by atoms with Gasteiger partial charge in [-0.25, -0.2) is 0 Å². The van der Waals surface area contributed by atoms with Crippen LogP contribution in [0.2, 0.25) is 0 Å². The summed E-state index contributed by atoms with van der Waals surface area (Å²) in [5, 5.41) is 4.32. The van der Waals surface area contributed by atoms with Crippen molar-refractivity contribution in [1.82, 2.24) is 14.9 Å². The Morgan fingerprint density at radius 3 is 2.32 bits per heavy atom. The summed E-state index contributed by atoms with van der Waals surface area (Å²) in [6, 6.07) is 27.8. The molecule has 5 heteroatoms. The van der Waals surface area contributed by atoms with E-state index in [-0.39, 0.29) is 12.1 Å². The first-order chi connectivity index (χ1) is 16.6. The summed E-state index contributed by atoms with van der Waals surface area (Å²) in [6.07, 6.45) is 2.87. The molecular formula is C29H30N4S. The molecule has 1 fully saturated rings. The van der Waals surface area contributed by atoms with Crippen LogP contribution in [0.15, 0.2) is 85.1 Å². The van der Waals surface area contributed by atoms with E-state index in [4.69, 9.17) is 17.2 Å². The van der Waals surface area contributed by atoms with Gasteiger partial charge in [0.05, 0.1) is 17.8 Å². The highest BCUT2D eigenvalue weighted by Gasteiger charge is 2.42. The molecular weight excluding hydrogens is 436 g/mol. The van der Waals surface area contributed by atoms with Crippen LogP contribution in [0, 0.1) is 13.8 Å². The highest BCUT2D eigenvalue weighted by Crippen LogP contribution is 2.43. The maximum absolute atomic E-state index is 5.91. The van der Waals surface area contributed by atoms with Crippen molar-refractivity contribution in [2.24, 2.45) is 0 Å². The second kappa shape index (κ2) is 9.43. The monoisotopic (exact) mass is 466 g/mol. The van der Waals surface area contributed by atoms with Gasteiger partial charge in [-0.15, -0.1) is 0 Å². The van der Waals surface area contributed by atoms with Gasteiger partial charge in [-0.3, -0.25) is 4.98 Å². The minimum absolute atomic E-state index is 0.00519. The van der Waals surface area contributed by atoms with E-state index in [0.717, 1.165) is 29.5 Å². The van der Waals surface area contributed by atoms with E-state index in [1.54, 1.807) is 0 Å². The Balaban J connectivity index is 1.61. The zero-order valence-corrected chi connectivity index (χ0v) is 20.7. The van der Waals surface area contributed by atoms with Gasteiger partial charge >= 0.3 is 0 Å².